The van der Waals surface area contributed by atoms with Crippen molar-refractivity contribution in [2.75, 3.05) is 31.1 Å². The van der Waals surface area contributed by atoms with Crippen molar-refractivity contribution in [1.29, 1.82) is 0 Å². The molecule has 1 aliphatic heterocycles. The monoisotopic (exact) mass is 313 g/mol. The largest absolute Gasteiger partial charge is 0.368 e. The van der Waals surface area contributed by atoms with Crippen LogP contribution in [-0.2, 0) is 0 Å². The van der Waals surface area contributed by atoms with Gasteiger partial charge in [-0.1, -0.05) is 17.3 Å². The summed E-state index contributed by atoms with van der Waals surface area (Å²) in [4.78, 5) is 16.8. The van der Waals surface area contributed by atoms with E-state index in [9.17, 15) is 4.79 Å². The molecule has 2 aromatic rings. The van der Waals surface area contributed by atoms with E-state index in [1.807, 2.05) is 18.7 Å². The Morgan fingerprint density at radius 1 is 1.04 bits per heavy atom. The van der Waals surface area contributed by atoms with Crippen LogP contribution < -0.4 is 4.90 Å². The number of piperazine rings is 1. The molecule has 23 heavy (non-hydrogen) atoms. The molecule has 122 valence electrons. The van der Waals surface area contributed by atoms with Crippen molar-refractivity contribution in [3.63, 3.8) is 0 Å². The van der Waals surface area contributed by atoms with Gasteiger partial charge in [-0.3, -0.25) is 4.79 Å². The lowest BCUT2D eigenvalue weighted by Gasteiger charge is -2.36. The van der Waals surface area contributed by atoms with Crippen LogP contribution in [0.25, 0.3) is 0 Å². The number of carbonyl (C=O) groups excluding carboxylic acids is 1. The van der Waals surface area contributed by atoms with Crippen molar-refractivity contribution >= 4 is 11.6 Å². The Bertz CT molecular complexity index is 728. The van der Waals surface area contributed by atoms with Gasteiger partial charge in [-0.25, -0.2) is 0 Å². The van der Waals surface area contributed by atoms with Gasteiger partial charge < -0.3 is 14.3 Å². The summed E-state index contributed by atoms with van der Waals surface area (Å²) in [6.45, 7) is 11.1. The molecule has 0 saturated carbocycles. The van der Waals surface area contributed by atoms with Gasteiger partial charge in [-0.15, -0.1) is 0 Å². The van der Waals surface area contributed by atoms with Crippen molar-refractivity contribution in [3.05, 3.63) is 46.3 Å². The van der Waals surface area contributed by atoms with Crippen molar-refractivity contribution in [3.8, 4) is 0 Å². The molecule has 1 amide bonds. The molecule has 2 heterocycles. The second-order valence-electron chi connectivity index (χ2n) is 6.21. The van der Waals surface area contributed by atoms with E-state index in [1.165, 1.54) is 16.8 Å². The van der Waals surface area contributed by atoms with Gasteiger partial charge in [0.1, 0.15) is 5.76 Å². The normalized spacial score (nSPS) is 15.1. The summed E-state index contributed by atoms with van der Waals surface area (Å²) in [6.07, 6.45) is 0. The van der Waals surface area contributed by atoms with E-state index in [0.717, 1.165) is 18.7 Å². The van der Waals surface area contributed by atoms with Crippen molar-refractivity contribution in [2.45, 2.75) is 27.7 Å². The van der Waals surface area contributed by atoms with Crippen molar-refractivity contribution in [2.24, 2.45) is 0 Å². The molecule has 1 fully saturated rings. The van der Waals surface area contributed by atoms with Gasteiger partial charge in [0.25, 0.3) is 5.91 Å². The molecular formula is C18H23N3O2. The molecule has 0 spiro atoms. The van der Waals surface area contributed by atoms with E-state index in [2.05, 4.69) is 42.1 Å². The summed E-state index contributed by atoms with van der Waals surface area (Å²) in [5.41, 5.74) is 5.17. The number of aryl methyl sites for hydroxylation is 2. The van der Waals surface area contributed by atoms with Crippen LogP contribution >= 0.6 is 0 Å². The van der Waals surface area contributed by atoms with Gasteiger partial charge in [-0.05, 0) is 44.9 Å². The summed E-state index contributed by atoms with van der Waals surface area (Å²) in [6, 6.07) is 6.38. The fourth-order valence-corrected chi connectivity index (χ4v) is 3.00. The van der Waals surface area contributed by atoms with Crippen LogP contribution in [0.3, 0.4) is 0 Å². The molecule has 0 radical (unpaired) electrons. The van der Waals surface area contributed by atoms with Gasteiger partial charge in [0.05, 0.1) is 0 Å². The van der Waals surface area contributed by atoms with E-state index < -0.39 is 0 Å². The highest BCUT2D eigenvalue weighted by molar-refractivity contribution is 5.93. The maximum absolute atomic E-state index is 12.6. The zero-order chi connectivity index (χ0) is 16.6. The van der Waals surface area contributed by atoms with Crippen LogP contribution in [0.5, 0.6) is 0 Å². The van der Waals surface area contributed by atoms with Crippen LogP contribution in [0, 0.1) is 27.7 Å². The molecule has 1 aromatic carbocycles. The predicted octanol–water partition coefficient (Wildman–Crippen LogP) is 2.87. The summed E-state index contributed by atoms with van der Waals surface area (Å²) in [5, 5.41) is 3.91. The number of anilines is 1. The van der Waals surface area contributed by atoms with Crippen LogP contribution in [0.15, 0.2) is 22.7 Å². The number of rotatable bonds is 2. The zero-order valence-corrected chi connectivity index (χ0v) is 14.2. The second-order valence-corrected chi connectivity index (χ2v) is 6.21. The third-order valence-corrected chi connectivity index (χ3v) is 4.84. The minimum Gasteiger partial charge on any atom is -0.368 e. The van der Waals surface area contributed by atoms with Gasteiger partial charge >= 0.3 is 0 Å². The highest BCUT2D eigenvalue weighted by atomic mass is 16.5. The van der Waals surface area contributed by atoms with Gasteiger partial charge in [0.2, 0.25) is 0 Å². The first-order chi connectivity index (χ1) is 11.0. The minimum atomic E-state index is -0.0278. The number of aromatic nitrogens is 1. The standard InChI is InChI=1S/C18H23N3O2/c1-12-6-5-7-16(13(12)2)20-8-10-21(11-9-20)18(22)17-14(3)15(4)23-19-17/h5-7H,8-11H2,1-4H3. The molecular weight excluding hydrogens is 290 g/mol. The SMILES string of the molecule is Cc1cccc(N2CCN(C(=O)c3noc(C)c3C)CC2)c1C. The van der Waals surface area contributed by atoms with Gasteiger partial charge in [-0.2, -0.15) is 0 Å². The summed E-state index contributed by atoms with van der Waals surface area (Å²) < 4.78 is 5.12. The molecule has 1 aromatic heterocycles. The molecule has 5 heteroatoms. The Morgan fingerprint density at radius 3 is 2.35 bits per heavy atom. The van der Waals surface area contributed by atoms with E-state index >= 15 is 0 Å². The molecule has 0 N–H and O–H groups in total. The van der Waals surface area contributed by atoms with Gasteiger partial charge in [0, 0.05) is 37.4 Å². The van der Waals surface area contributed by atoms with E-state index in [4.69, 9.17) is 4.52 Å². The summed E-state index contributed by atoms with van der Waals surface area (Å²) in [5.74, 6) is 0.683. The zero-order valence-electron chi connectivity index (χ0n) is 14.2. The lowest BCUT2D eigenvalue weighted by molar-refractivity contribution is 0.0735. The molecule has 3 rings (SSSR count). The molecule has 5 nitrogen and oxygen atoms in total. The van der Waals surface area contributed by atoms with Crippen LogP contribution in [0.1, 0.15) is 32.9 Å². The Labute approximate surface area is 136 Å². The van der Waals surface area contributed by atoms with E-state index in [0.29, 0.717) is 24.5 Å². The first-order valence-corrected chi connectivity index (χ1v) is 8.02. The number of carbonyl (C=O) groups is 1. The third-order valence-electron chi connectivity index (χ3n) is 4.84. The lowest BCUT2D eigenvalue weighted by atomic mass is 10.1. The lowest BCUT2D eigenvalue weighted by Crippen LogP contribution is -2.49. The second kappa shape index (κ2) is 6.07. The molecule has 0 bridgehead atoms. The number of benzene rings is 1. The predicted molar refractivity (Wildman–Crippen MR) is 90.0 cm³/mol. The Hall–Kier alpha value is -2.30. The molecule has 0 atom stereocenters. The van der Waals surface area contributed by atoms with Crippen molar-refractivity contribution in [1.82, 2.24) is 10.1 Å². The van der Waals surface area contributed by atoms with Crippen LogP contribution in [0.2, 0.25) is 0 Å². The topological polar surface area (TPSA) is 49.6 Å². The Kier molecular flexibility index (Phi) is 4.11. The van der Waals surface area contributed by atoms with Crippen LogP contribution in [-0.4, -0.2) is 42.1 Å². The quantitative estimate of drug-likeness (QED) is 0.855. The average molecular weight is 313 g/mol. The number of nitrogens with zero attached hydrogens (tertiary/aromatic N) is 3. The maximum Gasteiger partial charge on any atom is 0.276 e. The summed E-state index contributed by atoms with van der Waals surface area (Å²) >= 11 is 0. The van der Waals surface area contributed by atoms with Crippen molar-refractivity contribution < 1.29 is 9.32 Å². The van der Waals surface area contributed by atoms with Crippen LogP contribution in [0.4, 0.5) is 5.69 Å². The molecule has 0 aliphatic carbocycles. The highest BCUT2D eigenvalue weighted by Gasteiger charge is 2.26. The van der Waals surface area contributed by atoms with Gasteiger partial charge in [0.15, 0.2) is 5.69 Å². The number of hydrogen-bond donors (Lipinski definition) is 0. The average Bonchev–Trinajstić information content (AvgIpc) is 2.89. The maximum atomic E-state index is 12.6. The number of amides is 1. The van der Waals surface area contributed by atoms with E-state index in [-0.39, 0.29) is 5.91 Å². The molecule has 0 unspecified atom stereocenters. The first-order valence-electron chi connectivity index (χ1n) is 8.02. The third kappa shape index (κ3) is 2.83. The fourth-order valence-electron chi connectivity index (χ4n) is 3.00. The number of hydrogen-bond acceptors (Lipinski definition) is 4. The first kappa shape index (κ1) is 15.6. The molecule has 1 aliphatic rings. The van der Waals surface area contributed by atoms with E-state index in [1.54, 1.807) is 0 Å². The highest BCUT2D eigenvalue weighted by Crippen LogP contribution is 2.24. The minimum absolute atomic E-state index is 0.0278. The summed E-state index contributed by atoms with van der Waals surface area (Å²) in [7, 11) is 0. The smallest absolute Gasteiger partial charge is 0.276 e. The fraction of sp³-hybridized carbons (Fsp3) is 0.444. The molecule has 1 saturated heterocycles. The Morgan fingerprint density at radius 2 is 1.74 bits per heavy atom. The Balaban J connectivity index is 1.70.